The lowest BCUT2D eigenvalue weighted by Gasteiger charge is -2.08. The predicted molar refractivity (Wildman–Crippen MR) is 63.0 cm³/mol. The molecule has 5 nitrogen and oxygen atoms in total. The number of rotatable bonds is 4. The van der Waals surface area contributed by atoms with Gasteiger partial charge in [-0.1, -0.05) is 12.8 Å². The first kappa shape index (κ1) is 11.1. The zero-order valence-corrected chi connectivity index (χ0v) is 9.76. The second kappa shape index (κ2) is 5.09. The molecule has 1 fully saturated rings. The monoisotopic (exact) mass is 221 g/mol. The molecule has 1 aliphatic carbocycles. The summed E-state index contributed by atoms with van der Waals surface area (Å²) in [6.45, 7) is 3.49. The van der Waals surface area contributed by atoms with Crippen molar-refractivity contribution in [2.75, 3.05) is 0 Å². The van der Waals surface area contributed by atoms with Crippen molar-refractivity contribution in [1.82, 2.24) is 14.8 Å². The molecule has 0 aromatic carbocycles. The Morgan fingerprint density at radius 3 is 3.00 bits per heavy atom. The highest BCUT2D eigenvalue weighted by atomic mass is 15.3. The zero-order chi connectivity index (χ0) is 11.4. The van der Waals surface area contributed by atoms with Gasteiger partial charge in [0.05, 0.1) is 5.84 Å². The molecule has 0 spiro atoms. The van der Waals surface area contributed by atoms with E-state index in [9.17, 15) is 0 Å². The number of amidine groups is 1. The van der Waals surface area contributed by atoms with Crippen LogP contribution in [0, 0.1) is 5.92 Å². The molecule has 0 amide bonds. The van der Waals surface area contributed by atoms with Crippen LogP contribution in [0.3, 0.4) is 0 Å². The molecule has 88 valence electrons. The molecule has 1 saturated carbocycles. The van der Waals surface area contributed by atoms with E-state index in [1.165, 1.54) is 25.7 Å². The van der Waals surface area contributed by atoms with Gasteiger partial charge in [-0.05, 0) is 19.8 Å². The van der Waals surface area contributed by atoms with Crippen LogP contribution in [0.4, 0.5) is 0 Å². The van der Waals surface area contributed by atoms with Crippen LogP contribution in [0.1, 0.15) is 38.4 Å². The Morgan fingerprint density at radius 1 is 1.56 bits per heavy atom. The second-order valence-electron chi connectivity index (χ2n) is 4.26. The highest BCUT2D eigenvalue weighted by Crippen LogP contribution is 2.24. The van der Waals surface area contributed by atoms with E-state index in [4.69, 9.17) is 5.73 Å². The normalized spacial score (nSPS) is 18.2. The molecular formula is C11H19N5. The second-order valence-corrected chi connectivity index (χ2v) is 4.26. The smallest absolute Gasteiger partial charge is 0.154 e. The van der Waals surface area contributed by atoms with Crippen LogP contribution in [-0.4, -0.2) is 20.6 Å². The lowest BCUT2D eigenvalue weighted by molar-refractivity contribution is 0.684. The summed E-state index contributed by atoms with van der Waals surface area (Å²) in [6, 6.07) is 0. The minimum absolute atomic E-state index is 0.498. The van der Waals surface area contributed by atoms with Crippen LogP contribution in [0.25, 0.3) is 0 Å². The Balaban J connectivity index is 1.97. The van der Waals surface area contributed by atoms with Gasteiger partial charge < -0.3 is 10.3 Å². The minimum Gasteiger partial charge on any atom is -0.387 e. The van der Waals surface area contributed by atoms with Crippen LogP contribution in [-0.2, 0) is 13.1 Å². The first-order valence-corrected chi connectivity index (χ1v) is 5.97. The zero-order valence-electron chi connectivity index (χ0n) is 9.76. The van der Waals surface area contributed by atoms with Gasteiger partial charge in [-0.15, -0.1) is 10.2 Å². The SMILES string of the molecule is CCn1cnnc1CN=C(N)C1CCCC1. The van der Waals surface area contributed by atoms with Crippen molar-refractivity contribution in [2.45, 2.75) is 45.7 Å². The average Bonchev–Trinajstić information content (AvgIpc) is 2.96. The van der Waals surface area contributed by atoms with E-state index in [-0.39, 0.29) is 0 Å². The van der Waals surface area contributed by atoms with Crippen LogP contribution in [0.2, 0.25) is 0 Å². The summed E-state index contributed by atoms with van der Waals surface area (Å²) >= 11 is 0. The van der Waals surface area contributed by atoms with Crippen molar-refractivity contribution in [3.63, 3.8) is 0 Å². The molecule has 0 unspecified atom stereocenters. The number of aliphatic imine (C=N–C) groups is 1. The van der Waals surface area contributed by atoms with Crippen LogP contribution < -0.4 is 5.73 Å². The molecule has 0 atom stereocenters. The molecule has 16 heavy (non-hydrogen) atoms. The maximum atomic E-state index is 5.98. The van der Waals surface area contributed by atoms with Crippen molar-refractivity contribution in [3.05, 3.63) is 12.2 Å². The van der Waals surface area contributed by atoms with E-state index >= 15 is 0 Å². The van der Waals surface area contributed by atoms with E-state index in [0.717, 1.165) is 18.2 Å². The highest BCUT2D eigenvalue weighted by Gasteiger charge is 2.18. The standard InChI is InChI=1S/C11H19N5/c1-2-16-8-14-15-10(16)7-13-11(12)9-5-3-4-6-9/h8-9H,2-7H2,1H3,(H2,12,13). The molecule has 1 aromatic heterocycles. The Kier molecular flexibility index (Phi) is 3.54. The first-order chi connectivity index (χ1) is 7.81. The summed E-state index contributed by atoms with van der Waals surface area (Å²) in [4.78, 5) is 4.43. The van der Waals surface area contributed by atoms with Gasteiger partial charge in [0, 0.05) is 12.5 Å². The van der Waals surface area contributed by atoms with Crippen LogP contribution in [0.15, 0.2) is 11.3 Å². The lowest BCUT2D eigenvalue weighted by Crippen LogP contribution is -2.21. The van der Waals surface area contributed by atoms with Crippen molar-refractivity contribution >= 4 is 5.84 Å². The summed E-state index contributed by atoms with van der Waals surface area (Å²) in [5.74, 6) is 2.18. The molecule has 2 rings (SSSR count). The van der Waals surface area contributed by atoms with Crippen molar-refractivity contribution < 1.29 is 0 Å². The van der Waals surface area contributed by atoms with Crippen LogP contribution >= 0.6 is 0 Å². The summed E-state index contributed by atoms with van der Waals surface area (Å²) in [5, 5.41) is 7.91. The molecule has 1 heterocycles. The molecule has 2 N–H and O–H groups in total. The summed E-state index contributed by atoms with van der Waals surface area (Å²) in [6.07, 6.45) is 6.68. The molecular weight excluding hydrogens is 202 g/mol. The molecule has 0 aliphatic heterocycles. The number of hydrogen-bond acceptors (Lipinski definition) is 3. The molecule has 0 bridgehead atoms. The molecule has 5 heteroatoms. The van der Waals surface area contributed by atoms with E-state index in [1.54, 1.807) is 6.33 Å². The van der Waals surface area contributed by atoms with Gasteiger partial charge in [0.2, 0.25) is 0 Å². The highest BCUT2D eigenvalue weighted by molar-refractivity contribution is 5.82. The maximum absolute atomic E-state index is 5.98. The first-order valence-electron chi connectivity index (χ1n) is 5.97. The Morgan fingerprint density at radius 2 is 2.31 bits per heavy atom. The molecule has 0 radical (unpaired) electrons. The number of nitrogens with two attached hydrogens (primary N) is 1. The van der Waals surface area contributed by atoms with Crippen molar-refractivity contribution in [3.8, 4) is 0 Å². The quantitative estimate of drug-likeness (QED) is 0.616. The van der Waals surface area contributed by atoms with Gasteiger partial charge in [0.1, 0.15) is 12.9 Å². The van der Waals surface area contributed by atoms with Crippen molar-refractivity contribution in [2.24, 2.45) is 16.6 Å². The third kappa shape index (κ3) is 2.40. The number of hydrogen-bond donors (Lipinski definition) is 1. The number of nitrogens with zero attached hydrogens (tertiary/aromatic N) is 4. The Bertz CT molecular complexity index is 362. The Hall–Kier alpha value is -1.39. The van der Waals surface area contributed by atoms with Gasteiger partial charge >= 0.3 is 0 Å². The predicted octanol–water partition coefficient (Wildman–Crippen LogP) is 1.35. The van der Waals surface area contributed by atoms with E-state index < -0.39 is 0 Å². The lowest BCUT2D eigenvalue weighted by atomic mass is 10.1. The minimum atomic E-state index is 0.498. The number of aryl methyl sites for hydroxylation is 1. The molecule has 0 saturated heterocycles. The summed E-state index contributed by atoms with van der Waals surface area (Å²) in [5.41, 5.74) is 5.98. The third-order valence-corrected chi connectivity index (χ3v) is 3.21. The molecule has 1 aromatic rings. The average molecular weight is 221 g/mol. The van der Waals surface area contributed by atoms with E-state index in [2.05, 4.69) is 22.1 Å². The fourth-order valence-corrected chi connectivity index (χ4v) is 2.18. The van der Waals surface area contributed by atoms with Gasteiger partial charge in [0.15, 0.2) is 5.82 Å². The van der Waals surface area contributed by atoms with E-state index in [0.29, 0.717) is 12.5 Å². The largest absolute Gasteiger partial charge is 0.387 e. The summed E-state index contributed by atoms with van der Waals surface area (Å²) in [7, 11) is 0. The Labute approximate surface area is 95.8 Å². The van der Waals surface area contributed by atoms with Crippen LogP contribution in [0.5, 0.6) is 0 Å². The maximum Gasteiger partial charge on any atom is 0.154 e. The molecule has 1 aliphatic rings. The van der Waals surface area contributed by atoms with Gasteiger partial charge in [0.25, 0.3) is 0 Å². The van der Waals surface area contributed by atoms with Gasteiger partial charge in [-0.2, -0.15) is 0 Å². The summed E-state index contributed by atoms with van der Waals surface area (Å²) < 4.78 is 1.99. The third-order valence-electron chi connectivity index (χ3n) is 3.21. The fraction of sp³-hybridized carbons (Fsp3) is 0.727. The van der Waals surface area contributed by atoms with E-state index in [1.807, 2.05) is 4.57 Å². The number of aromatic nitrogens is 3. The van der Waals surface area contributed by atoms with Gasteiger partial charge in [-0.25, -0.2) is 0 Å². The van der Waals surface area contributed by atoms with Crippen molar-refractivity contribution in [1.29, 1.82) is 0 Å². The van der Waals surface area contributed by atoms with Gasteiger partial charge in [-0.3, -0.25) is 4.99 Å². The fourth-order valence-electron chi connectivity index (χ4n) is 2.18. The topological polar surface area (TPSA) is 69.1 Å².